The predicted octanol–water partition coefficient (Wildman–Crippen LogP) is 5.10. The summed E-state index contributed by atoms with van der Waals surface area (Å²) in [6.07, 6.45) is 5.24. The molecule has 2 aromatic rings. The molecule has 6 nitrogen and oxygen atoms in total. The molecule has 3 N–H and O–H groups in total. The first-order chi connectivity index (χ1) is 15.8. The van der Waals surface area contributed by atoms with E-state index in [1.54, 1.807) is 18.2 Å². The van der Waals surface area contributed by atoms with E-state index in [1.807, 2.05) is 0 Å². The van der Waals surface area contributed by atoms with Crippen LogP contribution in [0.5, 0.6) is 0 Å². The highest BCUT2D eigenvalue weighted by Crippen LogP contribution is 2.33. The van der Waals surface area contributed by atoms with Crippen LogP contribution in [0.4, 0.5) is 15.9 Å². The maximum Gasteiger partial charge on any atom is 0.229 e. The maximum absolute atomic E-state index is 14.6. The van der Waals surface area contributed by atoms with Gasteiger partial charge in [-0.05, 0) is 75.8 Å². The van der Waals surface area contributed by atoms with E-state index in [0.717, 1.165) is 44.4 Å². The zero-order valence-electron chi connectivity index (χ0n) is 19.2. The molecule has 1 amide bonds. The van der Waals surface area contributed by atoms with Crippen LogP contribution in [0.2, 0.25) is 5.02 Å². The fourth-order valence-corrected chi connectivity index (χ4v) is 4.86. The van der Waals surface area contributed by atoms with Gasteiger partial charge in [-0.1, -0.05) is 17.7 Å². The van der Waals surface area contributed by atoms with Crippen LogP contribution >= 0.6 is 11.6 Å². The van der Waals surface area contributed by atoms with Gasteiger partial charge in [0.2, 0.25) is 5.91 Å². The van der Waals surface area contributed by atoms with Gasteiger partial charge in [-0.3, -0.25) is 4.79 Å². The van der Waals surface area contributed by atoms with Crippen LogP contribution in [0, 0.1) is 17.7 Å². The second kappa shape index (κ2) is 10.4. The van der Waals surface area contributed by atoms with Crippen LogP contribution in [0.1, 0.15) is 39.5 Å². The van der Waals surface area contributed by atoms with E-state index in [-0.39, 0.29) is 23.2 Å². The summed E-state index contributed by atoms with van der Waals surface area (Å²) in [7, 11) is 0. The molecule has 3 heterocycles. The SMILES string of the molecule is CC1(C)C[C@@H](CNc2cc(-c3cc(NC(=O)[C@@H]4CCCNC4)ncc3Cl)ccc2F)CCO1. The largest absolute Gasteiger partial charge is 0.382 e. The summed E-state index contributed by atoms with van der Waals surface area (Å²) in [5, 5.41) is 9.86. The average molecular weight is 475 g/mol. The van der Waals surface area contributed by atoms with E-state index >= 15 is 0 Å². The van der Waals surface area contributed by atoms with Crippen molar-refractivity contribution in [2.45, 2.75) is 45.1 Å². The molecule has 4 rings (SSSR count). The zero-order valence-corrected chi connectivity index (χ0v) is 20.0. The Balaban J connectivity index is 1.48. The number of hydrogen-bond acceptors (Lipinski definition) is 5. The van der Waals surface area contributed by atoms with Gasteiger partial charge in [-0.2, -0.15) is 0 Å². The molecular formula is C25H32ClFN4O2. The fourth-order valence-electron chi connectivity index (χ4n) is 4.65. The first-order valence-electron chi connectivity index (χ1n) is 11.7. The molecule has 2 atom stereocenters. The average Bonchev–Trinajstić information content (AvgIpc) is 2.80. The summed E-state index contributed by atoms with van der Waals surface area (Å²) in [4.78, 5) is 16.9. The molecule has 8 heteroatoms. The predicted molar refractivity (Wildman–Crippen MR) is 130 cm³/mol. The summed E-state index contributed by atoms with van der Waals surface area (Å²) in [6.45, 7) is 7.19. The molecule has 0 spiro atoms. The molecule has 2 aliphatic rings. The summed E-state index contributed by atoms with van der Waals surface area (Å²) >= 11 is 6.43. The Kier molecular flexibility index (Phi) is 7.51. The number of carbonyl (C=O) groups is 1. The molecule has 2 fully saturated rings. The highest BCUT2D eigenvalue weighted by atomic mass is 35.5. The quantitative estimate of drug-likeness (QED) is 0.543. The summed E-state index contributed by atoms with van der Waals surface area (Å²) in [5.74, 6) is 0.416. The number of piperidine rings is 1. The van der Waals surface area contributed by atoms with Gasteiger partial charge >= 0.3 is 0 Å². The maximum atomic E-state index is 14.6. The van der Waals surface area contributed by atoms with Gasteiger partial charge in [0, 0.05) is 31.5 Å². The van der Waals surface area contributed by atoms with Gasteiger partial charge in [0.15, 0.2) is 0 Å². The zero-order chi connectivity index (χ0) is 23.4. The summed E-state index contributed by atoms with van der Waals surface area (Å²) in [6, 6.07) is 6.64. The normalized spacial score (nSPS) is 22.5. The first kappa shape index (κ1) is 23.9. The molecule has 33 heavy (non-hydrogen) atoms. The van der Waals surface area contributed by atoms with Crippen molar-refractivity contribution >= 4 is 29.0 Å². The lowest BCUT2D eigenvalue weighted by Gasteiger charge is -2.35. The monoisotopic (exact) mass is 474 g/mol. The summed E-state index contributed by atoms with van der Waals surface area (Å²) < 4.78 is 20.3. The van der Waals surface area contributed by atoms with Crippen molar-refractivity contribution in [1.29, 1.82) is 0 Å². The minimum Gasteiger partial charge on any atom is -0.382 e. The minimum atomic E-state index is -0.312. The number of carbonyl (C=O) groups excluding carboxylic acids is 1. The summed E-state index contributed by atoms with van der Waals surface area (Å²) in [5.41, 5.74) is 1.74. The number of amides is 1. The van der Waals surface area contributed by atoms with Gasteiger partial charge < -0.3 is 20.7 Å². The van der Waals surface area contributed by atoms with E-state index in [9.17, 15) is 9.18 Å². The van der Waals surface area contributed by atoms with E-state index < -0.39 is 0 Å². The molecule has 2 aliphatic heterocycles. The molecule has 0 saturated carbocycles. The standard InChI is InChI=1S/C25H32ClFN4O2/c1-25(2)12-16(7-9-33-25)13-29-22-10-17(5-6-21(22)27)19-11-23(30-15-20(19)26)31-24(32)18-4-3-8-28-14-18/h5-6,10-11,15-16,18,28-29H,3-4,7-9,12-14H2,1-2H3,(H,30,31,32)/t16-,18+/m0/s1. The van der Waals surface area contributed by atoms with Gasteiger partial charge in [0.25, 0.3) is 0 Å². The Morgan fingerprint density at radius 1 is 1.33 bits per heavy atom. The number of benzene rings is 1. The molecule has 178 valence electrons. The van der Waals surface area contributed by atoms with Gasteiger partial charge in [0.1, 0.15) is 11.6 Å². The number of rotatable bonds is 6. The molecule has 0 bridgehead atoms. The Morgan fingerprint density at radius 3 is 2.94 bits per heavy atom. The smallest absolute Gasteiger partial charge is 0.229 e. The minimum absolute atomic E-state index is 0.0520. The Morgan fingerprint density at radius 2 is 2.18 bits per heavy atom. The number of anilines is 2. The number of ether oxygens (including phenoxy) is 1. The molecule has 2 saturated heterocycles. The highest BCUT2D eigenvalue weighted by Gasteiger charge is 2.28. The van der Waals surface area contributed by atoms with Gasteiger partial charge in [-0.15, -0.1) is 0 Å². The van der Waals surface area contributed by atoms with E-state index in [0.29, 0.717) is 41.1 Å². The highest BCUT2D eigenvalue weighted by molar-refractivity contribution is 6.33. The topological polar surface area (TPSA) is 75.3 Å². The van der Waals surface area contributed by atoms with E-state index in [2.05, 4.69) is 34.8 Å². The number of aromatic nitrogens is 1. The number of pyridine rings is 1. The lowest BCUT2D eigenvalue weighted by molar-refractivity contribution is -0.120. The number of nitrogens with zero attached hydrogens (tertiary/aromatic N) is 1. The van der Waals surface area contributed by atoms with Crippen molar-refractivity contribution < 1.29 is 13.9 Å². The number of halogens is 2. The molecule has 1 aromatic heterocycles. The molecule has 0 aliphatic carbocycles. The third-order valence-corrected chi connectivity index (χ3v) is 6.73. The Hall–Kier alpha value is -2.22. The lowest BCUT2D eigenvalue weighted by Crippen LogP contribution is -2.37. The third-order valence-electron chi connectivity index (χ3n) is 6.43. The van der Waals surface area contributed by atoms with Crippen LogP contribution in [-0.2, 0) is 9.53 Å². The Labute approximate surface area is 199 Å². The van der Waals surface area contributed by atoms with Crippen LogP contribution in [0.25, 0.3) is 11.1 Å². The lowest BCUT2D eigenvalue weighted by atomic mass is 9.88. The van der Waals surface area contributed by atoms with Crippen LogP contribution < -0.4 is 16.0 Å². The van der Waals surface area contributed by atoms with Gasteiger partial charge in [0.05, 0.1) is 22.2 Å². The van der Waals surface area contributed by atoms with Crippen molar-refractivity contribution in [2.75, 3.05) is 36.9 Å². The molecule has 0 radical (unpaired) electrons. The molecular weight excluding hydrogens is 443 g/mol. The number of hydrogen-bond donors (Lipinski definition) is 3. The second-order valence-corrected chi connectivity index (χ2v) is 10.0. The van der Waals surface area contributed by atoms with Crippen molar-refractivity contribution in [3.05, 3.63) is 41.3 Å². The molecule has 0 unspecified atom stereocenters. The van der Waals surface area contributed by atoms with Gasteiger partial charge in [-0.25, -0.2) is 9.37 Å². The number of nitrogens with one attached hydrogen (secondary N) is 3. The van der Waals surface area contributed by atoms with Crippen molar-refractivity contribution in [3.8, 4) is 11.1 Å². The third kappa shape index (κ3) is 6.22. The van der Waals surface area contributed by atoms with Crippen molar-refractivity contribution in [3.63, 3.8) is 0 Å². The second-order valence-electron chi connectivity index (χ2n) is 9.62. The van der Waals surface area contributed by atoms with Crippen molar-refractivity contribution in [1.82, 2.24) is 10.3 Å². The van der Waals surface area contributed by atoms with Crippen LogP contribution in [0.15, 0.2) is 30.5 Å². The Bertz CT molecular complexity index is 994. The van der Waals surface area contributed by atoms with E-state index in [4.69, 9.17) is 16.3 Å². The fraction of sp³-hybridized carbons (Fsp3) is 0.520. The molecule has 1 aromatic carbocycles. The van der Waals surface area contributed by atoms with Crippen LogP contribution in [-0.4, -0.2) is 42.7 Å². The van der Waals surface area contributed by atoms with Crippen molar-refractivity contribution in [2.24, 2.45) is 11.8 Å². The van der Waals surface area contributed by atoms with Crippen LogP contribution in [0.3, 0.4) is 0 Å². The first-order valence-corrected chi connectivity index (χ1v) is 12.0. The van der Waals surface area contributed by atoms with E-state index in [1.165, 1.54) is 12.3 Å².